The lowest BCUT2D eigenvalue weighted by atomic mass is 10.1. The zero-order valence-electron chi connectivity index (χ0n) is 16.2. The minimum atomic E-state index is 0.297. The van der Waals surface area contributed by atoms with Crippen molar-refractivity contribution < 1.29 is 18.9 Å². The molecule has 0 amide bonds. The summed E-state index contributed by atoms with van der Waals surface area (Å²) < 4.78 is 21.3. The van der Waals surface area contributed by atoms with Crippen LogP contribution < -0.4 is 25.3 Å². The van der Waals surface area contributed by atoms with Crippen LogP contribution in [0.25, 0.3) is 0 Å². The molecule has 2 rings (SSSR count). The zero-order chi connectivity index (χ0) is 19.6. The third kappa shape index (κ3) is 6.07. The molecule has 0 aromatic heterocycles. The second-order valence-corrected chi connectivity index (χ2v) is 5.85. The molecule has 0 heterocycles. The SMILES string of the molecule is COCCOc1cc(C)ccc1CN=C(N)Nc1ccc(OC)c(OC)c1. The van der Waals surface area contributed by atoms with Gasteiger partial charge in [-0.2, -0.15) is 0 Å². The molecule has 0 saturated carbocycles. The average molecular weight is 373 g/mol. The monoisotopic (exact) mass is 373 g/mol. The van der Waals surface area contributed by atoms with Gasteiger partial charge in [-0.25, -0.2) is 4.99 Å². The first kappa shape index (κ1) is 20.4. The molecule has 2 aromatic carbocycles. The number of aliphatic imine (C=N–C) groups is 1. The Morgan fingerprint density at radius 3 is 2.44 bits per heavy atom. The van der Waals surface area contributed by atoms with E-state index in [1.807, 2.05) is 31.2 Å². The molecule has 0 fully saturated rings. The number of hydrogen-bond acceptors (Lipinski definition) is 5. The first-order chi connectivity index (χ1) is 13.1. The predicted molar refractivity (Wildman–Crippen MR) is 107 cm³/mol. The number of benzene rings is 2. The molecular formula is C20H27N3O4. The average Bonchev–Trinajstić information content (AvgIpc) is 2.67. The normalized spacial score (nSPS) is 11.2. The van der Waals surface area contributed by atoms with Crippen LogP contribution in [0.15, 0.2) is 41.4 Å². The van der Waals surface area contributed by atoms with E-state index in [0.717, 1.165) is 22.6 Å². The minimum Gasteiger partial charge on any atom is -0.493 e. The number of hydrogen-bond donors (Lipinski definition) is 2. The Bertz CT molecular complexity index is 778. The van der Waals surface area contributed by atoms with Crippen LogP contribution in [0.4, 0.5) is 5.69 Å². The first-order valence-electron chi connectivity index (χ1n) is 8.57. The maximum Gasteiger partial charge on any atom is 0.193 e. The minimum absolute atomic E-state index is 0.297. The molecule has 7 nitrogen and oxygen atoms in total. The second kappa shape index (κ2) is 10.3. The summed E-state index contributed by atoms with van der Waals surface area (Å²) in [6, 6.07) is 11.4. The summed E-state index contributed by atoms with van der Waals surface area (Å²) in [4.78, 5) is 4.41. The van der Waals surface area contributed by atoms with Crippen molar-refractivity contribution in [3.05, 3.63) is 47.5 Å². The van der Waals surface area contributed by atoms with E-state index in [1.54, 1.807) is 33.5 Å². The molecule has 2 aromatic rings. The molecule has 0 aliphatic rings. The van der Waals surface area contributed by atoms with Crippen molar-refractivity contribution in [3.63, 3.8) is 0 Å². The molecule has 146 valence electrons. The Balaban J connectivity index is 2.07. The molecule has 7 heteroatoms. The van der Waals surface area contributed by atoms with Crippen molar-refractivity contribution in [2.45, 2.75) is 13.5 Å². The molecular weight excluding hydrogens is 346 g/mol. The Hall–Kier alpha value is -2.93. The molecule has 0 spiro atoms. The highest BCUT2D eigenvalue weighted by Crippen LogP contribution is 2.29. The van der Waals surface area contributed by atoms with Crippen LogP contribution in [0.2, 0.25) is 0 Å². The zero-order valence-corrected chi connectivity index (χ0v) is 16.2. The van der Waals surface area contributed by atoms with Crippen molar-refractivity contribution in [1.29, 1.82) is 0 Å². The van der Waals surface area contributed by atoms with Gasteiger partial charge in [0.1, 0.15) is 12.4 Å². The van der Waals surface area contributed by atoms with Crippen molar-refractivity contribution >= 4 is 11.6 Å². The summed E-state index contributed by atoms with van der Waals surface area (Å²) in [5.41, 5.74) is 8.85. The molecule has 0 aliphatic heterocycles. The summed E-state index contributed by atoms with van der Waals surface area (Å²) in [6.45, 7) is 3.42. The summed E-state index contributed by atoms with van der Waals surface area (Å²) in [6.07, 6.45) is 0. The van der Waals surface area contributed by atoms with Crippen LogP contribution >= 0.6 is 0 Å². The summed E-state index contributed by atoms with van der Waals surface area (Å²) in [5, 5.41) is 3.05. The van der Waals surface area contributed by atoms with Gasteiger partial charge in [0, 0.05) is 24.4 Å². The molecule has 0 bridgehead atoms. The largest absolute Gasteiger partial charge is 0.493 e. The maximum atomic E-state index is 6.02. The van der Waals surface area contributed by atoms with Crippen LogP contribution in [-0.4, -0.2) is 40.5 Å². The highest BCUT2D eigenvalue weighted by Gasteiger charge is 2.07. The van der Waals surface area contributed by atoms with Crippen molar-refractivity contribution in [1.82, 2.24) is 0 Å². The van der Waals surface area contributed by atoms with E-state index in [1.165, 1.54) is 0 Å². The van der Waals surface area contributed by atoms with Gasteiger partial charge in [0.25, 0.3) is 0 Å². The first-order valence-corrected chi connectivity index (χ1v) is 8.57. The summed E-state index contributed by atoms with van der Waals surface area (Å²) in [7, 11) is 4.82. The lowest BCUT2D eigenvalue weighted by molar-refractivity contribution is 0.146. The van der Waals surface area contributed by atoms with E-state index in [0.29, 0.717) is 37.2 Å². The lowest BCUT2D eigenvalue weighted by Crippen LogP contribution is -2.22. The molecule has 0 unspecified atom stereocenters. The molecule has 3 N–H and O–H groups in total. The fourth-order valence-corrected chi connectivity index (χ4v) is 2.43. The lowest BCUT2D eigenvalue weighted by Gasteiger charge is -2.12. The van der Waals surface area contributed by atoms with Gasteiger partial charge in [0.15, 0.2) is 17.5 Å². The topological polar surface area (TPSA) is 87.3 Å². The van der Waals surface area contributed by atoms with Crippen LogP contribution in [0, 0.1) is 6.92 Å². The number of methoxy groups -OCH3 is 3. The third-order valence-electron chi connectivity index (χ3n) is 3.84. The number of ether oxygens (including phenoxy) is 4. The van der Waals surface area contributed by atoms with Gasteiger partial charge in [-0.1, -0.05) is 12.1 Å². The highest BCUT2D eigenvalue weighted by molar-refractivity contribution is 5.92. The van der Waals surface area contributed by atoms with Crippen molar-refractivity contribution in [2.24, 2.45) is 10.7 Å². The van der Waals surface area contributed by atoms with E-state index < -0.39 is 0 Å². The van der Waals surface area contributed by atoms with Gasteiger partial charge >= 0.3 is 0 Å². The van der Waals surface area contributed by atoms with Gasteiger partial charge < -0.3 is 30.0 Å². The standard InChI is InChI=1S/C20H27N3O4/c1-14-5-6-15(18(11-14)27-10-9-24-2)13-22-20(21)23-16-7-8-17(25-3)19(12-16)26-4/h5-8,11-12H,9-10,13H2,1-4H3,(H3,21,22,23). The third-order valence-corrected chi connectivity index (χ3v) is 3.84. The Kier molecular flexibility index (Phi) is 7.76. The molecule has 0 saturated heterocycles. The van der Waals surface area contributed by atoms with Crippen molar-refractivity contribution in [2.75, 3.05) is 39.9 Å². The fraction of sp³-hybridized carbons (Fsp3) is 0.350. The van der Waals surface area contributed by atoms with Crippen LogP contribution in [0.1, 0.15) is 11.1 Å². The smallest absolute Gasteiger partial charge is 0.193 e. The number of nitrogens with zero attached hydrogens (tertiary/aromatic N) is 1. The molecule has 0 radical (unpaired) electrons. The highest BCUT2D eigenvalue weighted by atomic mass is 16.5. The Morgan fingerprint density at radius 2 is 1.74 bits per heavy atom. The summed E-state index contributed by atoms with van der Waals surface area (Å²) >= 11 is 0. The molecule has 0 aliphatic carbocycles. The van der Waals surface area contributed by atoms with Crippen LogP contribution in [0.3, 0.4) is 0 Å². The number of guanidine groups is 1. The second-order valence-electron chi connectivity index (χ2n) is 5.85. The molecule has 0 atom stereocenters. The number of nitrogens with two attached hydrogens (primary N) is 1. The molecule has 27 heavy (non-hydrogen) atoms. The fourth-order valence-electron chi connectivity index (χ4n) is 2.43. The van der Waals surface area contributed by atoms with Crippen LogP contribution in [0.5, 0.6) is 17.2 Å². The van der Waals surface area contributed by atoms with E-state index in [9.17, 15) is 0 Å². The number of anilines is 1. The van der Waals surface area contributed by atoms with Crippen LogP contribution in [-0.2, 0) is 11.3 Å². The number of nitrogens with one attached hydrogen (secondary N) is 1. The quantitative estimate of drug-likeness (QED) is 0.399. The van der Waals surface area contributed by atoms with E-state index in [-0.39, 0.29) is 0 Å². The summed E-state index contributed by atoms with van der Waals surface area (Å²) in [5.74, 6) is 2.35. The van der Waals surface area contributed by atoms with Gasteiger partial charge in [-0.3, -0.25) is 0 Å². The van der Waals surface area contributed by atoms with E-state index >= 15 is 0 Å². The predicted octanol–water partition coefficient (Wildman–Crippen LogP) is 2.96. The maximum absolute atomic E-state index is 6.02. The van der Waals surface area contributed by atoms with E-state index in [2.05, 4.69) is 10.3 Å². The van der Waals surface area contributed by atoms with Gasteiger partial charge in [-0.15, -0.1) is 0 Å². The number of aryl methyl sites for hydroxylation is 1. The van der Waals surface area contributed by atoms with Gasteiger partial charge in [-0.05, 0) is 30.7 Å². The van der Waals surface area contributed by atoms with Crippen molar-refractivity contribution in [3.8, 4) is 17.2 Å². The van der Waals surface area contributed by atoms with E-state index in [4.69, 9.17) is 24.7 Å². The van der Waals surface area contributed by atoms with Gasteiger partial charge in [0.2, 0.25) is 0 Å². The Morgan fingerprint density at radius 1 is 0.963 bits per heavy atom. The van der Waals surface area contributed by atoms with Gasteiger partial charge in [0.05, 0.1) is 27.4 Å². The Labute approximate surface area is 160 Å². The number of rotatable bonds is 9.